The molecule has 1 aromatic rings. The Morgan fingerprint density at radius 1 is 1.43 bits per heavy atom. The average molecular weight is 292 g/mol. The fourth-order valence-electron chi connectivity index (χ4n) is 2.72. The summed E-state index contributed by atoms with van der Waals surface area (Å²) < 4.78 is 5.14. The highest BCUT2D eigenvalue weighted by molar-refractivity contribution is 5.93. The number of nitrogen functional groups attached to an aromatic ring is 1. The Bertz CT molecular complexity index is 550. The maximum atomic E-state index is 11.4. The molecule has 7 nitrogen and oxygen atoms in total. The SMILES string of the molecule is CC(C)(CC1(c2ccc(C(=O)NN)cn2)CC1)OC(N)=O. The predicted octanol–water partition coefficient (Wildman–Crippen LogP) is 0.981. The first-order valence-corrected chi connectivity index (χ1v) is 6.74. The molecule has 1 aliphatic carbocycles. The van der Waals surface area contributed by atoms with Crippen molar-refractivity contribution in [1.82, 2.24) is 10.4 Å². The summed E-state index contributed by atoms with van der Waals surface area (Å²) in [6, 6.07) is 3.50. The van der Waals surface area contributed by atoms with Gasteiger partial charge in [0.2, 0.25) is 0 Å². The van der Waals surface area contributed by atoms with Gasteiger partial charge in [0.1, 0.15) is 5.60 Å². The number of amides is 2. The number of hydrogen-bond donors (Lipinski definition) is 3. The van der Waals surface area contributed by atoms with E-state index in [2.05, 4.69) is 10.4 Å². The van der Waals surface area contributed by atoms with Gasteiger partial charge in [0, 0.05) is 17.3 Å². The van der Waals surface area contributed by atoms with Crippen LogP contribution in [0, 0.1) is 0 Å². The number of carbonyl (C=O) groups excluding carboxylic acids is 2. The number of hydrazine groups is 1. The number of nitrogens with zero attached hydrogens (tertiary/aromatic N) is 1. The van der Waals surface area contributed by atoms with Gasteiger partial charge in [-0.3, -0.25) is 15.2 Å². The van der Waals surface area contributed by atoms with E-state index in [9.17, 15) is 9.59 Å². The normalized spacial score (nSPS) is 16.1. The van der Waals surface area contributed by atoms with Crippen molar-refractivity contribution in [3.63, 3.8) is 0 Å². The first-order chi connectivity index (χ1) is 9.78. The Kier molecular flexibility index (Phi) is 3.87. The number of nitrogens with one attached hydrogen (secondary N) is 1. The number of nitrogens with two attached hydrogens (primary N) is 2. The van der Waals surface area contributed by atoms with Crippen molar-refractivity contribution < 1.29 is 14.3 Å². The fraction of sp³-hybridized carbons (Fsp3) is 0.500. The van der Waals surface area contributed by atoms with Crippen LogP contribution in [0.2, 0.25) is 0 Å². The van der Waals surface area contributed by atoms with E-state index in [1.165, 1.54) is 6.20 Å². The Morgan fingerprint density at radius 3 is 2.52 bits per heavy atom. The van der Waals surface area contributed by atoms with Crippen LogP contribution in [-0.4, -0.2) is 22.6 Å². The molecule has 1 fully saturated rings. The zero-order valence-corrected chi connectivity index (χ0v) is 12.2. The van der Waals surface area contributed by atoms with Crippen LogP contribution in [0.15, 0.2) is 18.3 Å². The number of ether oxygens (including phenoxy) is 1. The van der Waals surface area contributed by atoms with E-state index in [0.717, 1.165) is 18.5 Å². The highest BCUT2D eigenvalue weighted by atomic mass is 16.6. The minimum absolute atomic E-state index is 0.114. The van der Waals surface area contributed by atoms with Crippen LogP contribution in [0.4, 0.5) is 4.79 Å². The maximum Gasteiger partial charge on any atom is 0.405 e. The number of primary amides is 1. The third-order valence-electron chi connectivity index (χ3n) is 3.69. The van der Waals surface area contributed by atoms with Crippen LogP contribution in [0.5, 0.6) is 0 Å². The van der Waals surface area contributed by atoms with Crippen LogP contribution in [0.25, 0.3) is 0 Å². The van der Waals surface area contributed by atoms with Gasteiger partial charge in [-0.25, -0.2) is 10.6 Å². The Hall–Kier alpha value is -2.15. The topological polar surface area (TPSA) is 120 Å². The first-order valence-electron chi connectivity index (χ1n) is 6.74. The Morgan fingerprint density at radius 2 is 2.10 bits per heavy atom. The molecular formula is C14H20N4O3. The molecule has 7 heteroatoms. The van der Waals surface area contributed by atoms with Gasteiger partial charge < -0.3 is 10.5 Å². The average Bonchev–Trinajstić information content (AvgIpc) is 3.16. The molecule has 0 radical (unpaired) electrons. The monoisotopic (exact) mass is 292 g/mol. The number of hydrogen-bond acceptors (Lipinski definition) is 5. The van der Waals surface area contributed by atoms with Gasteiger partial charge in [0.05, 0.1) is 5.56 Å². The predicted molar refractivity (Wildman–Crippen MR) is 76.2 cm³/mol. The molecule has 0 bridgehead atoms. The van der Waals surface area contributed by atoms with Crippen molar-refractivity contribution >= 4 is 12.0 Å². The molecule has 0 unspecified atom stereocenters. The second kappa shape index (κ2) is 5.33. The quantitative estimate of drug-likeness (QED) is 0.424. The summed E-state index contributed by atoms with van der Waals surface area (Å²) in [4.78, 5) is 26.7. The molecule has 5 N–H and O–H groups in total. The number of pyridine rings is 1. The largest absolute Gasteiger partial charge is 0.444 e. The summed E-state index contributed by atoms with van der Waals surface area (Å²) >= 11 is 0. The molecule has 1 aromatic heterocycles. The summed E-state index contributed by atoms with van der Waals surface area (Å²) in [7, 11) is 0. The van der Waals surface area contributed by atoms with Crippen LogP contribution in [-0.2, 0) is 10.2 Å². The molecule has 1 aliphatic rings. The van der Waals surface area contributed by atoms with Crippen molar-refractivity contribution in [2.24, 2.45) is 11.6 Å². The van der Waals surface area contributed by atoms with E-state index < -0.39 is 11.7 Å². The summed E-state index contributed by atoms with van der Waals surface area (Å²) in [6.45, 7) is 3.65. The summed E-state index contributed by atoms with van der Waals surface area (Å²) in [5.41, 5.74) is 7.68. The van der Waals surface area contributed by atoms with Crippen molar-refractivity contribution in [3.8, 4) is 0 Å². The minimum Gasteiger partial charge on any atom is -0.444 e. The van der Waals surface area contributed by atoms with Crippen LogP contribution in [0.3, 0.4) is 0 Å². The van der Waals surface area contributed by atoms with E-state index in [-0.39, 0.29) is 11.3 Å². The lowest BCUT2D eigenvalue weighted by Gasteiger charge is -2.28. The highest BCUT2D eigenvalue weighted by Gasteiger charge is 2.49. The summed E-state index contributed by atoms with van der Waals surface area (Å²) in [6.07, 6.45) is 3.29. The molecule has 0 aromatic carbocycles. The number of rotatable bonds is 5. The van der Waals surface area contributed by atoms with Gasteiger partial charge >= 0.3 is 6.09 Å². The van der Waals surface area contributed by atoms with Gasteiger partial charge in [-0.2, -0.15) is 0 Å². The molecule has 0 atom stereocenters. The van der Waals surface area contributed by atoms with E-state index in [0.29, 0.717) is 12.0 Å². The molecule has 1 saturated carbocycles. The Labute approximate surface area is 123 Å². The fourth-order valence-corrected chi connectivity index (χ4v) is 2.72. The van der Waals surface area contributed by atoms with Crippen molar-refractivity contribution in [3.05, 3.63) is 29.6 Å². The molecule has 0 spiro atoms. The van der Waals surface area contributed by atoms with Gasteiger partial charge in [0.15, 0.2) is 0 Å². The van der Waals surface area contributed by atoms with Gasteiger partial charge in [-0.05, 0) is 45.2 Å². The lowest BCUT2D eigenvalue weighted by Crippen LogP contribution is -2.35. The Balaban J connectivity index is 2.13. The lowest BCUT2D eigenvalue weighted by molar-refractivity contribution is 0.0309. The van der Waals surface area contributed by atoms with E-state index in [4.69, 9.17) is 16.3 Å². The smallest absolute Gasteiger partial charge is 0.405 e. The molecule has 0 saturated heterocycles. The van der Waals surface area contributed by atoms with Crippen LogP contribution in [0.1, 0.15) is 49.2 Å². The molecule has 2 rings (SSSR count). The van der Waals surface area contributed by atoms with Crippen molar-refractivity contribution in [2.45, 2.75) is 44.1 Å². The second-order valence-corrected chi connectivity index (χ2v) is 6.04. The minimum atomic E-state index is -0.779. The molecule has 2 amide bonds. The van der Waals surface area contributed by atoms with Gasteiger partial charge in [-0.1, -0.05) is 0 Å². The van der Waals surface area contributed by atoms with Crippen LogP contribution < -0.4 is 17.0 Å². The molecular weight excluding hydrogens is 272 g/mol. The maximum absolute atomic E-state index is 11.4. The molecule has 114 valence electrons. The zero-order valence-electron chi connectivity index (χ0n) is 12.2. The summed E-state index contributed by atoms with van der Waals surface area (Å²) in [5, 5.41) is 0. The van der Waals surface area contributed by atoms with Crippen molar-refractivity contribution in [1.29, 1.82) is 0 Å². The van der Waals surface area contributed by atoms with Gasteiger partial charge in [-0.15, -0.1) is 0 Å². The highest BCUT2D eigenvalue weighted by Crippen LogP contribution is 2.53. The third kappa shape index (κ3) is 3.49. The molecule has 0 aliphatic heterocycles. The zero-order chi connectivity index (χ0) is 15.7. The third-order valence-corrected chi connectivity index (χ3v) is 3.69. The first kappa shape index (κ1) is 15.2. The van der Waals surface area contributed by atoms with Crippen molar-refractivity contribution in [2.75, 3.05) is 0 Å². The second-order valence-electron chi connectivity index (χ2n) is 6.04. The van der Waals surface area contributed by atoms with E-state index in [1.807, 2.05) is 19.9 Å². The van der Waals surface area contributed by atoms with E-state index in [1.54, 1.807) is 6.07 Å². The molecule has 21 heavy (non-hydrogen) atoms. The van der Waals surface area contributed by atoms with E-state index >= 15 is 0 Å². The van der Waals surface area contributed by atoms with Crippen LogP contribution >= 0.6 is 0 Å². The molecule has 1 heterocycles. The number of carbonyl (C=O) groups is 2. The standard InChI is InChI=1S/C14H20N4O3/c1-13(2,21-12(15)20)8-14(5-6-14)10-4-3-9(7-17-10)11(19)18-16/h3-4,7H,5-6,8,16H2,1-2H3,(H2,15,20)(H,18,19). The summed E-state index contributed by atoms with van der Waals surface area (Å²) in [5.74, 6) is 4.70. The lowest BCUT2D eigenvalue weighted by atomic mass is 9.87. The van der Waals surface area contributed by atoms with Gasteiger partial charge in [0.25, 0.3) is 5.91 Å². The number of aromatic nitrogens is 1.